The Morgan fingerprint density at radius 2 is 2.05 bits per heavy atom. The van der Waals surface area contributed by atoms with Gasteiger partial charge in [0, 0.05) is 24.6 Å². The predicted octanol–water partition coefficient (Wildman–Crippen LogP) is 3.24. The lowest BCUT2D eigenvalue weighted by atomic mass is 9.93. The molecule has 21 heavy (non-hydrogen) atoms. The molecule has 116 valence electrons. The molecule has 0 spiro atoms. The predicted molar refractivity (Wildman–Crippen MR) is 83.3 cm³/mol. The van der Waals surface area contributed by atoms with E-state index in [1.54, 1.807) is 24.0 Å². The molecule has 0 aliphatic carbocycles. The Morgan fingerprint density at radius 3 is 2.57 bits per heavy atom. The second kappa shape index (κ2) is 6.86. The second-order valence-electron chi connectivity index (χ2n) is 5.37. The number of benzene rings is 1. The van der Waals surface area contributed by atoms with Crippen LogP contribution in [-0.2, 0) is 0 Å². The molecule has 1 saturated heterocycles. The summed E-state index contributed by atoms with van der Waals surface area (Å²) < 4.78 is 5.08. The third-order valence-corrected chi connectivity index (χ3v) is 4.44. The normalized spacial score (nSPS) is 20.2. The van der Waals surface area contributed by atoms with Crippen LogP contribution in [0.3, 0.4) is 0 Å². The monoisotopic (exact) mass is 331 g/mol. The highest BCUT2D eigenvalue weighted by molar-refractivity contribution is 6.37. The lowest BCUT2D eigenvalue weighted by Gasteiger charge is -2.34. The maximum absolute atomic E-state index is 12.6. The molecular weight excluding hydrogens is 313 g/mol. The van der Waals surface area contributed by atoms with Gasteiger partial charge in [0.15, 0.2) is 5.75 Å². The van der Waals surface area contributed by atoms with Crippen molar-refractivity contribution in [2.24, 2.45) is 5.92 Å². The first-order valence-electron chi connectivity index (χ1n) is 6.94. The van der Waals surface area contributed by atoms with Gasteiger partial charge in [0.25, 0.3) is 5.91 Å². The topological polar surface area (TPSA) is 49.8 Å². The van der Waals surface area contributed by atoms with Gasteiger partial charge in [0.05, 0.1) is 23.3 Å². The van der Waals surface area contributed by atoms with Crippen LogP contribution in [0.5, 0.6) is 5.75 Å². The standard InChI is InChI=1S/C15H19Cl2NO3/c1-9(19)10-4-3-5-18(8-10)15(20)11-6-12(16)14(21-2)13(17)7-11/h6-7,9-10,19H,3-5,8H2,1-2H3. The van der Waals surface area contributed by atoms with Crippen LogP contribution >= 0.6 is 23.2 Å². The smallest absolute Gasteiger partial charge is 0.253 e. The minimum atomic E-state index is -0.413. The molecule has 1 fully saturated rings. The van der Waals surface area contributed by atoms with Gasteiger partial charge in [-0.2, -0.15) is 0 Å². The Balaban J connectivity index is 2.20. The van der Waals surface area contributed by atoms with E-state index in [-0.39, 0.29) is 11.8 Å². The van der Waals surface area contributed by atoms with Crippen LogP contribution < -0.4 is 4.74 Å². The van der Waals surface area contributed by atoms with Crippen molar-refractivity contribution in [2.45, 2.75) is 25.9 Å². The molecule has 6 heteroatoms. The highest BCUT2D eigenvalue weighted by Crippen LogP contribution is 2.34. The largest absolute Gasteiger partial charge is 0.494 e. The lowest BCUT2D eigenvalue weighted by Crippen LogP contribution is -2.42. The average molecular weight is 332 g/mol. The lowest BCUT2D eigenvalue weighted by molar-refractivity contribution is 0.0466. The highest BCUT2D eigenvalue weighted by Gasteiger charge is 2.27. The van der Waals surface area contributed by atoms with E-state index in [2.05, 4.69) is 0 Å². The number of likely N-dealkylation sites (tertiary alicyclic amines) is 1. The number of nitrogens with zero attached hydrogens (tertiary/aromatic N) is 1. The number of halogens is 2. The van der Waals surface area contributed by atoms with Crippen LogP contribution in [-0.4, -0.2) is 42.2 Å². The number of carbonyl (C=O) groups is 1. The van der Waals surface area contributed by atoms with Crippen molar-refractivity contribution in [2.75, 3.05) is 20.2 Å². The molecule has 1 aliphatic rings. The molecule has 1 heterocycles. The first kappa shape index (κ1) is 16.4. The quantitative estimate of drug-likeness (QED) is 0.924. The van der Waals surface area contributed by atoms with Gasteiger partial charge in [0.2, 0.25) is 0 Å². The second-order valence-corrected chi connectivity index (χ2v) is 6.18. The number of carbonyl (C=O) groups excluding carboxylic acids is 1. The third kappa shape index (κ3) is 3.62. The van der Waals surface area contributed by atoms with Crippen LogP contribution in [0, 0.1) is 5.92 Å². The minimum Gasteiger partial charge on any atom is -0.494 e. The summed E-state index contributed by atoms with van der Waals surface area (Å²) in [4.78, 5) is 14.3. The van der Waals surface area contributed by atoms with E-state index >= 15 is 0 Å². The van der Waals surface area contributed by atoms with Crippen LogP contribution in [0.25, 0.3) is 0 Å². The van der Waals surface area contributed by atoms with Crippen LogP contribution in [0.2, 0.25) is 10.0 Å². The van der Waals surface area contributed by atoms with Crippen molar-refractivity contribution in [1.29, 1.82) is 0 Å². The SMILES string of the molecule is COc1c(Cl)cc(C(=O)N2CCCC(C(C)O)C2)cc1Cl. The first-order valence-corrected chi connectivity index (χ1v) is 7.70. The van der Waals surface area contributed by atoms with E-state index in [1.165, 1.54) is 7.11 Å². The maximum atomic E-state index is 12.6. The molecule has 2 atom stereocenters. The number of hydrogen-bond donors (Lipinski definition) is 1. The van der Waals surface area contributed by atoms with Crippen LogP contribution in [0.4, 0.5) is 0 Å². The van der Waals surface area contributed by atoms with E-state index in [1.807, 2.05) is 0 Å². The number of aliphatic hydroxyl groups excluding tert-OH is 1. The number of piperidine rings is 1. The van der Waals surface area contributed by atoms with Gasteiger partial charge >= 0.3 is 0 Å². The van der Waals surface area contributed by atoms with Gasteiger partial charge in [-0.1, -0.05) is 23.2 Å². The van der Waals surface area contributed by atoms with E-state index in [9.17, 15) is 9.90 Å². The molecule has 1 amide bonds. The van der Waals surface area contributed by atoms with Crippen LogP contribution in [0.15, 0.2) is 12.1 Å². The Kier molecular flexibility index (Phi) is 5.36. The van der Waals surface area contributed by atoms with Gasteiger partial charge < -0.3 is 14.7 Å². The number of rotatable bonds is 3. The molecule has 0 aromatic heterocycles. The molecule has 1 N–H and O–H groups in total. The van der Waals surface area contributed by atoms with Gasteiger partial charge in [-0.3, -0.25) is 4.79 Å². The Labute approximate surface area is 134 Å². The Morgan fingerprint density at radius 1 is 1.43 bits per heavy atom. The summed E-state index contributed by atoms with van der Waals surface area (Å²) in [5, 5.41) is 10.3. The zero-order valence-electron chi connectivity index (χ0n) is 12.1. The molecule has 1 aromatic carbocycles. The van der Waals surface area contributed by atoms with E-state index in [0.29, 0.717) is 34.4 Å². The molecule has 2 rings (SSSR count). The molecule has 1 aromatic rings. The maximum Gasteiger partial charge on any atom is 0.253 e. The van der Waals surface area contributed by atoms with Crippen molar-refractivity contribution >= 4 is 29.1 Å². The van der Waals surface area contributed by atoms with Crippen molar-refractivity contribution in [3.05, 3.63) is 27.7 Å². The molecule has 2 unspecified atom stereocenters. The molecule has 0 radical (unpaired) electrons. The van der Waals surface area contributed by atoms with Crippen molar-refractivity contribution in [3.63, 3.8) is 0 Å². The van der Waals surface area contributed by atoms with E-state index in [0.717, 1.165) is 12.8 Å². The summed E-state index contributed by atoms with van der Waals surface area (Å²) in [5.41, 5.74) is 0.442. The summed E-state index contributed by atoms with van der Waals surface area (Å²) >= 11 is 12.2. The average Bonchev–Trinajstić information content (AvgIpc) is 2.46. The van der Waals surface area contributed by atoms with Gasteiger partial charge in [-0.05, 0) is 31.9 Å². The van der Waals surface area contributed by atoms with Gasteiger partial charge in [-0.15, -0.1) is 0 Å². The summed E-state index contributed by atoms with van der Waals surface area (Å²) in [6.07, 6.45) is 1.41. The van der Waals surface area contributed by atoms with Gasteiger partial charge in [-0.25, -0.2) is 0 Å². The minimum absolute atomic E-state index is 0.117. The fourth-order valence-electron chi connectivity index (χ4n) is 2.65. The van der Waals surface area contributed by atoms with Crippen molar-refractivity contribution in [1.82, 2.24) is 4.90 Å². The molecular formula is C15H19Cl2NO3. The molecule has 4 nitrogen and oxygen atoms in total. The highest BCUT2D eigenvalue weighted by atomic mass is 35.5. The van der Waals surface area contributed by atoms with E-state index < -0.39 is 6.10 Å². The first-order chi connectivity index (χ1) is 9.93. The zero-order chi connectivity index (χ0) is 15.6. The number of ether oxygens (including phenoxy) is 1. The third-order valence-electron chi connectivity index (χ3n) is 3.88. The molecule has 0 saturated carbocycles. The molecule has 1 aliphatic heterocycles. The van der Waals surface area contributed by atoms with Gasteiger partial charge in [0.1, 0.15) is 0 Å². The Hall–Kier alpha value is -0.970. The zero-order valence-corrected chi connectivity index (χ0v) is 13.6. The van der Waals surface area contributed by atoms with Crippen molar-refractivity contribution in [3.8, 4) is 5.75 Å². The number of amides is 1. The number of hydrogen-bond acceptors (Lipinski definition) is 3. The van der Waals surface area contributed by atoms with E-state index in [4.69, 9.17) is 27.9 Å². The summed E-state index contributed by atoms with van der Waals surface area (Å²) in [6, 6.07) is 3.14. The van der Waals surface area contributed by atoms with Crippen LogP contribution in [0.1, 0.15) is 30.1 Å². The number of aliphatic hydroxyl groups is 1. The summed E-state index contributed by atoms with van der Waals surface area (Å²) in [6.45, 7) is 3.00. The summed E-state index contributed by atoms with van der Waals surface area (Å²) in [5.74, 6) is 0.370. The number of methoxy groups -OCH3 is 1. The summed E-state index contributed by atoms with van der Waals surface area (Å²) in [7, 11) is 1.48. The fraction of sp³-hybridized carbons (Fsp3) is 0.533. The molecule has 0 bridgehead atoms. The Bertz CT molecular complexity index is 511. The van der Waals surface area contributed by atoms with Crippen molar-refractivity contribution < 1.29 is 14.6 Å². The fourth-order valence-corrected chi connectivity index (χ4v) is 3.29.